The molecular formula is C6H13Cl2N2O2. The molecule has 73 valence electrons. The SMILES string of the molecule is Cl.Cl.[NH]C(=O)CN1CCOCC1. The summed E-state index contributed by atoms with van der Waals surface area (Å²) in [5.74, 6) is -0.512. The first-order chi connectivity index (χ1) is 4.79. The topological polar surface area (TPSA) is 53.3 Å². The molecule has 0 saturated carbocycles. The lowest BCUT2D eigenvalue weighted by Crippen LogP contribution is -2.39. The quantitative estimate of drug-likeness (QED) is 0.651. The molecule has 0 aromatic heterocycles. The molecule has 1 aliphatic rings. The molecule has 1 fully saturated rings. The highest BCUT2D eigenvalue weighted by Crippen LogP contribution is 1.94. The van der Waals surface area contributed by atoms with Gasteiger partial charge in [0.25, 0.3) is 5.91 Å². The van der Waals surface area contributed by atoms with Gasteiger partial charge in [0.05, 0.1) is 19.8 Å². The Hall–Kier alpha value is -0.0300. The van der Waals surface area contributed by atoms with Gasteiger partial charge in [-0.2, -0.15) is 0 Å². The van der Waals surface area contributed by atoms with Crippen molar-refractivity contribution in [2.75, 3.05) is 32.8 Å². The molecule has 0 bridgehead atoms. The van der Waals surface area contributed by atoms with Gasteiger partial charge in [-0.3, -0.25) is 15.4 Å². The van der Waals surface area contributed by atoms with Crippen molar-refractivity contribution in [2.45, 2.75) is 0 Å². The van der Waals surface area contributed by atoms with E-state index in [4.69, 9.17) is 10.5 Å². The summed E-state index contributed by atoms with van der Waals surface area (Å²) in [5.41, 5.74) is 6.69. The Labute approximate surface area is 84.2 Å². The number of carbonyl (C=O) groups is 1. The van der Waals surface area contributed by atoms with E-state index in [0.29, 0.717) is 13.2 Å². The van der Waals surface area contributed by atoms with Crippen LogP contribution in [0.2, 0.25) is 0 Å². The van der Waals surface area contributed by atoms with Crippen molar-refractivity contribution in [1.82, 2.24) is 10.6 Å². The molecular weight excluding hydrogens is 203 g/mol. The molecule has 0 spiro atoms. The van der Waals surface area contributed by atoms with E-state index in [1.165, 1.54) is 0 Å². The summed E-state index contributed by atoms with van der Waals surface area (Å²) in [6.45, 7) is 3.19. The number of carbonyl (C=O) groups excluding carboxylic acids is 1. The van der Waals surface area contributed by atoms with Crippen LogP contribution >= 0.6 is 24.8 Å². The molecule has 6 heteroatoms. The first-order valence-electron chi connectivity index (χ1n) is 3.33. The van der Waals surface area contributed by atoms with Crippen molar-refractivity contribution in [3.05, 3.63) is 0 Å². The van der Waals surface area contributed by atoms with Gasteiger partial charge in [-0.05, 0) is 0 Å². The second kappa shape index (κ2) is 7.61. The highest BCUT2D eigenvalue weighted by Gasteiger charge is 2.11. The summed E-state index contributed by atoms with van der Waals surface area (Å²) in [5, 5.41) is 0. The van der Waals surface area contributed by atoms with Crippen LogP contribution in [0.25, 0.3) is 0 Å². The fourth-order valence-corrected chi connectivity index (χ4v) is 0.962. The third kappa shape index (κ3) is 5.60. The van der Waals surface area contributed by atoms with Crippen molar-refractivity contribution < 1.29 is 9.53 Å². The first-order valence-corrected chi connectivity index (χ1v) is 3.33. The minimum Gasteiger partial charge on any atom is -0.379 e. The number of amides is 1. The van der Waals surface area contributed by atoms with Gasteiger partial charge in [-0.15, -0.1) is 24.8 Å². The van der Waals surface area contributed by atoms with Crippen LogP contribution in [0.15, 0.2) is 0 Å². The van der Waals surface area contributed by atoms with E-state index in [9.17, 15) is 4.79 Å². The van der Waals surface area contributed by atoms with Crippen molar-refractivity contribution >= 4 is 30.7 Å². The number of hydrogen-bond acceptors (Lipinski definition) is 3. The molecule has 0 aromatic rings. The number of hydrogen-bond donors (Lipinski definition) is 0. The highest BCUT2D eigenvalue weighted by molar-refractivity contribution is 5.85. The van der Waals surface area contributed by atoms with E-state index in [0.717, 1.165) is 13.1 Å². The van der Waals surface area contributed by atoms with Gasteiger partial charge >= 0.3 is 0 Å². The van der Waals surface area contributed by atoms with Gasteiger partial charge in [-0.1, -0.05) is 0 Å². The van der Waals surface area contributed by atoms with Crippen LogP contribution in [0.1, 0.15) is 0 Å². The molecule has 0 unspecified atom stereocenters. The van der Waals surface area contributed by atoms with Gasteiger partial charge in [0.2, 0.25) is 0 Å². The number of rotatable bonds is 2. The predicted octanol–water partition coefficient (Wildman–Crippen LogP) is -0.0283. The van der Waals surface area contributed by atoms with Crippen LogP contribution in [0, 0.1) is 0 Å². The maximum Gasteiger partial charge on any atom is 0.252 e. The van der Waals surface area contributed by atoms with Crippen LogP contribution < -0.4 is 5.73 Å². The monoisotopic (exact) mass is 215 g/mol. The van der Waals surface area contributed by atoms with Gasteiger partial charge in [0, 0.05) is 13.1 Å². The first kappa shape index (κ1) is 14.5. The normalized spacial score (nSPS) is 17.3. The largest absolute Gasteiger partial charge is 0.379 e. The zero-order chi connectivity index (χ0) is 7.40. The molecule has 0 aromatic carbocycles. The number of nitrogens with one attached hydrogen (secondary N) is 1. The Bertz CT molecular complexity index is 129. The van der Waals surface area contributed by atoms with Crippen molar-refractivity contribution in [2.24, 2.45) is 0 Å². The number of halogens is 2. The molecule has 1 rings (SSSR count). The van der Waals surface area contributed by atoms with Gasteiger partial charge in [0.15, 0.2) is 0 Å². The summed E-state index contributed by atoms with van der Waals surface area (Å²) < 4.78 is 5.07. The number of ether oxygens (including phenoxy) is 1. The van der Waals surface area contributed by atoms with E-state index < -0.39 is 5.91 Å². The lowest BCUT2D eigenvalue weighted by molar-refractivity contribution is -0.120. The average Bonchev–Trinajstić information content (AvgIpc) is 1.88. The highest BCUT2D eigenvalue weighted by atomic mass is 35.5. The second-order valence-electron chi connectivity index (χ2n) is 2.31. The fraction of sp³-hybridized carbons (Fsp3) is 0.833. The van der Waals surface area contributed by atoms with Crippen LogP contribution in [-0.2, 0) is 9.53 Å². The maximum atomic E-state index is 10.3. The molecule has 4 nitrogen and oxygen atoms in total. The third-order valence-electron chi connectivity index (χ3n) is 1.47. The van der Waals surface area contributed by atoms with E-state index in [1.54, 1.807) is 0 Å². The van der Waals surface area contributed by atoms with Gasteiger partial charge in [-0.25, -0.2) is 0 Å². The summed E-state index contributed by atoms with van der Waals surface area (Å²) in [4.78, 5) is 12.2. The van der Waals surface area contributed by atoms with Gasteiger partial charge in [0.1, 0.15) is 0 Å². The minimum atomic E-state index is -0.512. The molecule has 0 aliphatic carbocycles. The molecule has 1 heterocycles. The molecule has 1 amide bonds. The predicted molar refractivity (Wildman–Crippen MR) is 49.9 cm³/mol. The Balaban J connectivity index is 0. The van der Waals surface area contributed by atoms with Crippen molar-refractivity contribution in [1.29, 1.82) is 0 Å². The molecule has 1 N–H and O–H groups in total. The summed E-state index contributed by atoms with van der Waals surface area (Å²) >= 11 is 0. The molecule has 1 aliphatic heterocycles. The van der Waals surface area contributed by atoms with E-state index in [2.05, 4.69) is 0 Å². The molecule has 1 saturated heterocycles. The second-order valence-corrected chi connectivity index (χ2v) is 2.31. The van der Waals surface area contributed by atoms with Crippen LogP contribution in [-0.4, -0.2) is 43.7 Å². The minimum absolute atomic E-state index is 0. The van der Waals surface area contributed by atoms with E-state index in [-0.39, 0.29) is 31.4 Å². The standard InChI is InChI=1S/C6H11N2O2.2ClH/c7-6(9)5-8-1-3-10-4-2-8;;/h7H,1-5H2;2*1H. The lowest BCUT2D eigenvalue weighted by Gasteiger charge is -2.24. The third-order valence-corrected chi connectivity index (χ3v) is 1.47. The number of nitrogens with zero attached hydrogens (tertiary/aromatic N) is 1. The smallest absolute Gasteiger partial charge is 0.252 e. The van der Waals surface area contributed by atoms with Gasteiger partial charge < -0.3 is 4.74 Å². The Morgan fingerprint density at radius 3 is 2.25 bits per heavy atom. The van der Waals surface area contributed by atoms with Crippen molar-refractivity contribution in [3.8, 4) is 0 Å². The van der Waals surface area contributed by atoms with E-state index in [1.807, 2.05) is 4.90 Å². The Kier molecular flexibility index (Phi) is 9.19. The number of morpholine rings is 1. The zero-order valence-electron chi connectivity index (χ0n) is 6.62. The summed E-state index contributed by atoms with van der Waals surface area (Å²) in [7, 11) is 0. The van der Waals surface area contributed by atoms with Crippen LogP contribution in [0.4, 0.5) is 0 Å². The Morgan fingerprint density at radius 2 is 1.83 bits per heavy atom. The molecule has 1 radical (unpaired) electrons. The summed E-state index contributed by atoms with van der Waals surface area (Å²) in [6, 6.07) is 0. The molecule has 0 atom stereocenters. The van der Waals surface area contributed by atoms with E-state index >= 15 is 0 Å². The Morgan fingerprint density at radius 1 is 1.33 bits per heavy atom. The van der Waals surface area contributed by atoms with Crippen LogP contribution in [0.3, 0.4) is 0 Å². The average molecular weight is 216 g/mol. The summed E-state index contributed by atoms with van der Waals surface area (Å²) in [6.07, 6.45) is 0. The van der Waals surface area contributed by atoms with Crippen molar-refractivity contribution in [3.63, 3.8) is 0 Å². The zero-order valence-corrected chi connectivity index (χ0v) is 8.25. The lowest BCUT2D eigenvalue weighted by atomic mass is 10.4. The maximum absolute atomic E-state index is 10.3. The fourth-order valence-electron chi connectivity index (χ4n) is 0.962. The van der Waals surface area contributed by atoms with Crippen LogP contribution in [0.5, 0.6) is 0 Å². The molecule has 12 heavy (non-hydrogen) atoms.